The number of nitrogens with two attached hydrogens (primary N) is 1. The van der Waals surface area contributed by atoms with Crippen molar-refractivity contribution in [2.24, 2.45) is 5.73 Å². The van der Waals surface area contributed by atoms with Gasteiger partial charge in [-0.25, -0.2) is 0 Å². The monoisotopic (exact) mass is 272 g/mol. The summed E-state index contributed by atoms with van der Waals surface area (Å²) in [5.74, 6) is 0.0684. The lowest BCUT2D eigenvalue weighted by atomic mass is 9.99. The molecule has 6 nitrogen and oxygen atoms in total. The number of hydrogen-bond acceptors (Lipinski definition) is 5. The molecule has 0 radical (unpaired) electrons. The molecule has 0 fully saturated rings. The second kappa shape index (κ2) is 6.56. The second-order valence-electron chi connectivity index (χ2n) is 3.64. The van der Waals surface area contributed by atoms with E-state index in [2.05, 4.69) is 4.52 Å². The van der Waals surface area contributed by atoms with E-state index in [9.17, 15) is 9.36 Å². The molecule has 1 aromatic carbocycles. The van der Waals surface area contributed by atoms with Gasteiger partial charge in [0.2, 0.25) is 0 Å². The van der Waals surface area contributed by atoms with Crippen molar-refractivity contribution in [2.75, 3.05) is 7.11 Å². The summed E-state index contributed by atoms with van der Waals surface area (Å²) in [5, 5.41) is 0. The maximum absolute atomic E-state index is 11.4. The average Bonchev–Trinajstić information content (AvgIpc) is 2.34. The Morgan fingerprint density at radius 2 is 2.06 bits per heavy atom. The maximum Gasteiger partial charge on any atom is 0.695 e. The SMILES string of the molecule is COc1ccccc1C(N)C(O[P+](=O)O)C(C)=O. The molecule has 0 aliphatic rings. The summed E-state index contributed by atoms with van der Waals surface area (Å²) in [7, 11) is -1.43. The highest BCUT2D eigenvalue weighted by Crippen LogP contribution is 2.31. The van der Waals surface area contributed by atoms with Crippen molar-refractivity contribution >= 4 is 14.0 Å². The first-order chi connectivity index (χ1) is 8.47. The van der Waals surface area contributed by atoms with E-state index in [0.29, 0.717) is 11.3 Å². The number of methoxy groups -OCH3 is 1. The Hall–Kier alpha value is -1.33. The third kappa shape index (κ3) is 3.58. The van der Waals surface area contributed by atoms with Crippen molar-refractivity contribution in [3.63, 3.8) is 0 Å². The Morgan fingerprint density at radius 1 is 1.44 bits per heavy atom. The van der Waals surface area contributed by atoms with Crippen LogP contribution in [0.2, 0.25) is 0 Å². The number of rotatable bonds is 6. The van der Waals surface area contributed by atoms with Crippen LogP contribution in [-0.2, 0) is 13.9 Å². The fraction of sp³-hybridized carbons (Fsp3) is 0.364. The molecule has 7 heteroatoms. The van der Waals surface area contributed by atoms with Crippen LogP contribution < -0.4 is 10.5 Å². The molecular weight excluding hydrogens is 257 g/mol. The maximum atomic E-state index is 11.4. The van der Waals surface area contributed by atoms with Crippen molar-refractivity contribution in [2.45, 2.75) is 19.1 Å². The third-order valence-corrected chi connectivity index (χ3v) is 2.84. The smallest absolute Gasteiger partial charge is 0.496 e. The normalized spacial score (nSPS) is 14.8. The molecule has 1 rings (SSSR count). The highest BCUT2D eigenvalue weighted by atomic mass is 31.1. The number of ether oxygens (including phenoxy) is 1. The van der Waals surface area contributed by atoms with Gasteiger partial charge in [-0.15, -0.1) is 9.42 Å². The van der Waals surface area contributed by atoms with Crippen molar-refractivity contribution in [1.82, 2.24) is 0 Å². The number of para-hydroxylation sites is 1. The summed E-state index contributed by atoms with van der Waals surface area (Å²) >= 11 is 0. The lowest BCUT2D eigenvalue weighted by molar-refractivity contribution is -0.124. The van der Waals surface area contributed by atoms with Gasteiger partial charge in [0.1, 0.15) is 5.75 Å². The summed E-state index contributed by atoms with van der Waals surface area (Å²) in [6.45, 7) is 1.25. The average molecular weight is 272 g/mol. The van der Waals surface area contributed by atoms with Gasteiger partial charge in [0.25, 0.3) is 0 Å². The molecule has 0 aliphatic heterocycles. The van der Waals surface area contributed by atoms with Gasteiger partial charge in [0, 0.05) is 10.1 Å². The fourth-order valence-corrected chi connectivity index (χ4v) is 2.07. The quantitative estimate of drug-likeness (QED) is 0.758. The summed E-state index contributed by atoms with van der Waals surface area (Å²) in [5.41, 5.74) is 6.44. The predicted octanol–water partition coefficient (Wildman–Crippen LogP) is 1.32. The Balaban J connectivity index is 3.05. The molecule has 18 heavy (non-hydrogen) atoms. The second-order valence-corrected chi connectivity index (χ2v) is 4.33. The fourth-order valence-electron chi connectivity index (χ4n) is 1.59. The number of benzene rings is 1. The van der Waals surface area contributed by atoms with E-state index in [-0.39, 0.29) is 0 Å². The molecule has 0 saturated carbocycles. The number of ketones is 1. The minimum absolute atomic E-state index is 0.425. The molecule has 3 atom stereocenters. The minimum atomic E-state index is -2.90. The van der Waals surface area contributed by atoms with E-state index in [1.165, 1.54) is 14.0 Å². The van der Waals surface area contributed by atoms with E-state index >= 15 is 0 Å². The zero-order valence-corrected chi connectivity index (χ0v) is 11.0. The van der Waals surface area contributed by atoms with Crippen LogP contribution in [0, 0.1) is 0 Å². The third-order valence-electron chi connectivity index (χ3n) is 2.43. The van der Waals surface area contributed by atoms with E-state index in [1.54, 1.807) is 24.3 Å². The van der Waals surface area contributed by atoms with E-state index in [1.807, 2.05) is 0 Å². The van der Waals surface area contributed by atoms with Crippen molar-refractivity contribution in [3.05, 3.63) is 29.8 Å². The molecule has 0 heterocycles. The molecule has 98 valence electrons. The van der Waals surface area contributed by atoms with Gasteiger partial charge >= 0.3 is 8.25 Å². The van der Waals surface area contributed by atoms with E-state index in [0.717, 1.165) is 0 Å². The lowest BCUT2D eigenvalue weighted by Crippen LogP contribution is -2.33. The topological polar surface area (TPSA) is 98.8 Å². The predicted molar refractivity (Wildman–Crippen MR) is 65.3 cm³/mol. The first-order valence-corrected chi connectivity index (χ1v) is 6.32. The molecule has 3 N–H and O–H groups in total. The van der Waals surface area contributed by atoms with Crippen LogP contribution in [0.5, 0.6) is 5.75 Å². The van der Waals surface area contributed by atoms with E-state index < -0.39 is 26.2 Å². The molecular formula is C11H15NO5P+. The van der Waals surface area contributed by atoms with Crippen LogP contribution >= 0.6 is 8.25 Å². The first-order valence-electron chi connectivity index (χ1n) is 5.19. The standard InChI is InChI=1S/C11H14NO5P/c1-7(13)11(17-18(14)15)10(12)8-5-3-4-6-9(8)16-2/h3-6,10-11H,12H2,1-2H3/p+1. The van der Waals surface area contributed by atoms with Crippen LogP contribution in [0.15, 0.2) is 24.3 Å². The molecule has 0 spiro atoms. The summed E-state index contributed by atoms with van der Waals surface area (Å²) < 4.78 is 20.5. The Labute approximate surface area is 106 Å². The number of carbonyl (C=O) groups is 1. The van der Waals surface area contributed by atoms with Crippen LogP contribution in [0.3, 0.4) is 0 Å². The molecule has 0 bridgehead atoms. The van der Waals surface area contributed by atoms with Crippen LogP contribution in [-0.4, -0.2) is 23.9 Å². The Kier molecular flexibility index (Phi) is 5.37. The minimum Gasteiger partial charge on any atom is -0.496 e. The van der Waals surface area contributed by atoms with Gasteiger partial charge < -0.3 is 10.5 Å². The molecule has 0 saturated heterocycles. The molecule has 1 aromatic rings. The molecule has 0 aliphatic carbocycles. The van der Waals surface area contributed by atoms with Gasteiger partial charge in [-0.05, 0) is 13.0 Å². The zero-order valence-electron chi connectivity index (χ0n) is 10.1. The van der Waals surface area contributed by atoms with Crippen molar-refractivity contribution in [1.29, 1.82) is 0 Å². The van der Waals surface area contributed by atoms with Gasteiger partial charge in [0.05, 0.1) is 13.2 Å². The van der Waals surface area contributed by atoms with Gasteiger partial charge in [0.15, 0.2) is 11.9 Å². The largest absolute Gasteiger partial charge is 0.695 e. The number of carbonyl (C=O) groups excluding carboxylic acids is 1. The molecule has 0 amide bonds. The number of Topliss-reactive ketones (excluding diaryl/α,β-unsaturated/α-hetero) is 1. The Morgan fingerprint density at radius 3 is 2.56 bits per heavy atom. The Bertz CT molecular complexity index is 451. The number of hydrogen-bond donors (Lipinski definition) is 2. The first kappa shape index (κ1) is 14.7. The lowest BCUT2D eigenvalue weighted by Gasteiger charge is -2.18. The van der Waals surface area contributed by atoms with Crippen LogP contribution in [0.25, 0.3) is 0 Å². The molecule has 3 unspecified atom stereocenters. The highest BCUT2D eigenvalue weighted by Gasteiger charge is 2.34. The highest BCUT2D eigenvalue weighted by molar-refractivity contribution is 7.32. The zero-order chi connectivity index (χ0) is 13.7. The summed E-state index contributed by atoms with van der Waals surface area (Å²) in [4.78, 5) is 20.2. The van der Waals surface area contributed by atoms with Crippen LogP contribution in [0.1, 0.15) is 18.5 Å². The summed E-state index contributed by atoms with van der Waals surface area (Å²) in [6.07, 6.45) is -1.19. The van der Waals surface area contributed by atoms with Gasteiger partial charge in [-0.2, -0.15) is 0 Å². The summed E-state index contributed by atoms with van der Waals surface area (Å²) in [6, 6.07) is 5.97. The van der Waals surface area contributed by atoms with E-state index in [4.69, 9.17) is 15.4 Å². The van der Waals surface area contributed by atoms with Crippen molar-refractivity contribution in [3.8, 4) is 5.75 Å². The van der Waals surface area contributed by atoms with Gasteiger partial charge in [-0.1, -0.05) is 18.2 Å². The molecule has 0 aromatic heterocycles. The van der Waals surface area contributed by atoms with Gasteiger partial charge in [-0.3, -0.25) is 4.79 Å². The van der Waals surface area contributed by atoms with Crippen molar-refractivity contribution < 1.29 is 23.5 Å². The van der Waals surface area contributed by atoms with Crippen LogP contribution in [0.4, 0.5) is 0 Å².